The maximum absolute atomic E-state index is 12.1. The molecular formula is C27H43NO6. The van der Waals surface area contributed by atoms with Crippen LogP contribution in [0.3, 0.4) is 0 Å². The molecule has 5 atom stereocenters. The van der Waals surface area contributed by atoms with Gasteiger partial charge in [0.25, 0.3) is 0 Å². The molecule has 34 heavy (non-hydrogen) atoms. The smallest absolute Gasteiger partial charge is 0.351 e. The molecule has 0 saturated heterocycles. The van der Waals surface area contributed by atoms with Crippen molar-refractivity contribution in [2.75, 3.05) is 7.11 Å². The van der Waals surface area contributed by atoms with Gasteiger partial charge in [0, 0.05) is 6.04 Å². The Hall–Kier alpha value is -2.38. The monoisotopic (exact) mass is 477 g/mol. The van der Waals surface area contributed by atoms with E-state index in [-0.39, 0.29) is 23.7 Å². The zero-order valence-electron chi connectivity index (χ0n) is 21.7. The summed E-state index contributed by atoms with van der Waals surface area (Å²) in [4.78, 5) is 23.2. The number of carbonyl (C=O) groups excluding carboxylic acids is 1. The molecule has 4 N–H and O–H groups in total. The molecule has 0 heterocycles. The van der Waals surface area contributed by atoms with E-state index in [4.69, 9.17) is 20.3 Å². The zero-order chi connectivity index (χ0) is 26.2. The SMILES string of the molecule is C=CC(Oc1cc(CC(CC(N)C(O)CC(C)C(=O)O)C(C)C)ccc1C(C)(C)C)C(=O)OC. The highest BCUT2D eigenvalue weighted by molar-refractivity contribution is 5.77. The first kappa shape index (κ1) is 29.7. The highest BCUT2D eigenvalue weighted by atomic mass is 16.6. The molecule has 0 aliphatic heterocycles. The van der Waals surface area contributed by atoms with Gasteiger partial charge in [0.05, 0.1) is 19.1 Å². The van der Waals surface area contributed by atoms with Crippen molar-refractivity contribution in [2.24, 2.45) is 23.5 Å². The second-order valence-corrected chi connectivity index (χ2v) is 10.5. The molecule has 7 nitrogen and oxygen atoms in total. The van der Waals surface area contributed by atoms with Crippen LogP contribution >= 0.6 is 0 Å². The Labute approximate surface area is 204 Å². The summed E-state index contributed by atoms with van der Waals surface area (Å²) in [6.07, 6.45) is 0.991. The number of aliphatic hydroxyl groups excluding tert-OH is 1. The van der Waals surface area contributed by atoms with E-state index in [1.54, 1.807) is 6.92 Å². The van der Waals surface area contributed by atoms with Gasteiger partial charge in [0.15, 0.2) is 0 Å². The van der Waals surface area contributed by atoms with Gasteiger partial charge in [0.1, 0.15) is 5.75 Å². The molecule has 1 aromatic rings. The fraction of sp³-hybridized carbons (Fsp3) is 0.630. The molecule has 5 unspecified atom stereocenters. The zero-order valence-corrected chi connectivity index (χ0v) is 21.7. The van der Waals surface area contributed by atoms with Gasteiger partial charge in [-0.15, -0.1) is 0 Å². The molecule has 0 fully saturated rings. The maximum Gasteiger partial charge on any atom is 0.351 e. The Morgan fingerprint density at radius 2 is 1.79 bits per heavy atom. The van der Waals surface area contributed by atoms with Crippen LogP contribution in [0.4, 0.5) is 0 Å². The van der Waals surface area contributed by atoms with Crippen molar-refractivity contribution in [1.29, 1.82) is 0 Å². The van der Waals surface area contributed by atoms with Gasteiger partial charge in [-0.2, -0.15) is 0 Å². The first-order valence-electron chi connectivity index (χ1n) is 11.9. The number of ether oxygens (including phenoxy) is 2. The van der Waals surface area contributed by atoms with E-state index < -0.39 is 36.1 Å². The van der Waals surface area contributed by atoms with Crippen molar-refractivity contribution >= 4 is 11.9 Å². The highest BCUT2D eigenvalue weighted by Crippen LogP contribution is 2.34. The number of carboxylic acids is 1. The Morgan fingerprint density at radius 3 is 2.26 bits per heavy atom. The van der Waals surface area contributed by atoms with Crippen LogP contribution < -0.4 is 10.5 Å². The molecule has 1 aromatic carbocycles. The molecule has 0 bridgehead atoms. The van der Waals surface area contributed by atoms with Crippen molar-refractivity contribution < 1.29 is 29.3 Å². The Bertz CT molecular complexity index is 829. The van der Waals surface area contributed by atoms with Crippen molar-refractivity contribution in [3.63, 3.8) is 0 Å². The number of carbonyl (C=O) groups is 2. The average Bonchev–Trinajstić information content (AvgIpc) is 2.75. The van der Waals surface area contributed by atoms with Crippen LogP contribution in [0.2, 0.25) is 0 Å². The number of aliphatic hydroxyl groups is 1. The van der Waals surface area contributed by atoms with Gasteiger partial charge in [-0.3, -0.25) is 4.79 Å². The molecule has 0 aliphatic rings. The Balaban J connectivity index is 3.14. The standard InChI is InChI=1S/C27H43NO6/c1-9-23(26(32)33-8)34-24-14-18(10-11-20(24)27(5,6)7)13-19(16(2)3)15-21(28)22(29)12-17(4)25(30)31/h9-11,14,16-17,19,21-23,29H,1,12-13,15,28H2,2-8H3,(H,30,31). The van der Waals surface area contributed by atoms with E-state index in [0.717, 1.165) is 11.1 Å². The number of rotatable bonds is 13. The first-order valence-corrected chi connectivity index (χ1v) is 11.9. The third kappa shape index (κ3) is 8.76. The quantitative estimate of drug-likeness (QED) is 0.289. The maximum atomic E-state index is 12.1. The molecule has 0 radical (unpaired) electrons. The minimum Gasteiger partial charge on any atom is -0.481 e. The number of methoxy groups -OCH3 is 1. The molecule has 0 spiro atoms. The summed E-state index contributed by atoms with van der Waals surface area (Å²) in [6, 6.07) is 5.49. The van der Waals surface area contributed by atoms with Crippen molar-refractivity contribution in [3.8, 4) is 5.75 Å². The summed E-state index contributed by atoms with van der Waals surface area (Å²) < 4.78 is 10.9. The third-order valence-corrected chi connectivity index (χ3v) is 6.28. The van der Waals surface area contributed by atoms with Crippen LogP contribution in [0, 0.1) is 17.8 Å². The predicted octanol–water partition coefficient (Wildman–Crippen LogP) is 4.09. The number of aliphatic carboxylic acids is 1. The normalized spacial score (nSPS) is 16.3. The van der Waals surface area contributed by atoms with Gasteiger partial charge in [-0.25, -0.2) is 4.79 Å². The fourth-order valence-electron chi connectivity index (χ4n) is 3.89. The van der Waals surface area contributed by atoms with Crippen LogP contribution in [0.5, 0.6) is 5.75 Å². The lowest BCUT2D eigenvalue weighted by atomic mass is 9.81. The van der Waals surface area contributed by atoms with Crippen LogP contribution in [-0.4, -0.2) is 47.5 Å². The summed E-state index contributed by atoms with van der Waals surface area (Å²) in [5, 5.41) is 19.6. The van der Waals surface area contributed by atoms with Crippen molar-refractivity contribution in [2.45, 2.75) is 84.5 Å². The molecule has 0 amide bonds. The van der Waals surface area contributed by atoms with Crippen LogP contribution in [0.25, 0.3) is 0 Å². The van der Waals surface area contributed by atoms with E-state index in [1.807, 2.05) is 12.1 Å². The van der Waals surface area contributed by atoms with Gasteiger partial charge < -0.3 is 25.4 Å². The second-order valence-electron chi connectivity index (χ2n) is 10.5. The Kier molecular flexibility index (Phi) is 11.3. The van der Waals surface area contributed by atoms with E-state index in [9.17, 15) is 14.7 Å². The highest BCUT2D eigenvalue weighted by Gasteiger charge is 2.27. The largest absolute Gasteiger partial charge is 0.481 e. The third-order valence-electron chi connectivity index (χ3n) is 6.28. The summed E-state index contributed by atoms with van der Waals surface area (Å²) >= 11 is 0. The lowest BCUT2D eigenvalue weighted by Gasteiger charge is -2.29. The molecule has 0 aromatic heterocycles. The van der Waals surface area contributed by atoms with E-state index in [1.165, 1.54) is 13.2 Å². The Morgan fingerprint density at radius 1 is 1.18 bits per heavy atom. The first-order chi connectivity index (χ1) is 15.7. The number of esters is 1. The lowest BCUT2D eigenvalue weighted by Crippen LogP contribution is -2.39. The van der Waals surface area contributed by atoms with Gasteiger partial charge in [-0.1, -0.05) is 60.3 Å². The molecule has 0 saturated carbocycles. The summed E-state index contributed by atoms with van der Waals surface area (Å²) in [7, 11) is 1.31. The summed E-state index contributed by atoms with van der Waals surface area (Å²) in [6.45, 7) is 15.7. The van der Waals surface area contributed by atoms with E-state index in [2.05, 4.69) is 47.3 Å². The second kappa shape index (κ2) is 12.9. The van der Waals surface area contributed by atoms with Gasteiger partial charge in [-0.05, 0) is 59.8 Å². The molecule has 1 rings (SSSR count). The summed E-state index contributed by atoms with van der Waals surface area (Å²) in [5.74, 6) is -1.07. The van der Waals surface area contributed by atoms with Crippen LogP contribution in [0.15, 0.2) is 30.9 Å². The number of nitrogens with two attached hydrogens (primary N) is 1. The van der Waals surface area contributed by atoms with Gasteiger partial charge >= 0.3 is 11.9 Å². The van der Waals surface area contributed by atoms with E-state index in [0.29, 0.717) is 18.6 Å². The van der Waals surface area contributed by atoms with E-state index >= 15 is 0 Å². The lowest BCUT2D eigenvalue weighted by molar-refractivity contribution is -0.146. The fourth-order valence-corrected chi connectivity index (χ4v) is 3.89. The predicted molar refractivity (Wildman–Crippen MR) is 134 cm³/mol. The number of hydrogen-bond donors (Lipinski definition) is 3. The molecule has 7 heteroatoms. The number of benzene rings is 1. The topological polar surface area (TPSA) is 119 Å². The average molecular weight is 478 g/mol. The minimum atomic E-state index is -0.942. The number of hydrogen-bond acceptors (Lipinski definition) is 6. The van der Waals surface area contributed by atoms with Gasteiger partial charge in [0.2, 0.25) is 6.10 Å². The summed E-state index contributed by atoms with van der Waals surface area (Å²) in [5.41, 5.74) is 8.05. The number of carboxylic acid groups (broad SMARTS) is 1. The minimum absolute atomic E-state index is 0.121. The molecular weight excluding hydrogens is 434 g/mol. The van der Waals surface area contributed by atoms with Crippen molar-refractivity contribution in [1.82, 2.24) is 0 Å². The molecule has 192 valence electrons. The molecule has 0 aliphatic carbocycles. The van der Waals surface area contributed by atoms with Crippen LogP contribution in [0.1, 0.15) is 65.5 Å². The van der Waals surface area contributed by atoms with Crippen LogP contribution in [-0.2, 0) is 26.2 Å². The van der Waals surface area contributed by atoms with Crippen molar-refractivity contribution in [3.05, 3.63) is 42.0 Å².